The van der Waals surface area contributed by atoms with Gasteiger partial charge in [-0.3, -0.25) is 19.1 Å². The smallest absolute Gasteiger partial charge is 0.387 e. The van der Waals surface area contributed by atoms with Gasteiger partial charge >= 0.3 is 6.18 Å². The van der Waals surface area contributed by atoms with Gasteiger partial charge in [0.2, 0.25) is 0 Å². The van der Waals surface area contributed by atoms with Crippen molar-refractivity contribution in [2.45, 2.75) is 44.6 Å². The second-order valence-corrected chi connectivity index (χ2v) is 7.53. The summed E-state index contributed by atoms with van der Waals surface area (Å²) in [5.74, 6) is -0.632. The van der Waals surface area contributed by atoms with Gasteiger partial charge in [0.25, 0.3) is 5.91 Å². The molecule has 3 aromatic heterocycles. The van der Waals surface area contributed by atoms with E-state index in [2.05, 4.69) is 20.5 Å². The summed E-state index contributed by atoms with van der Waals surface area (Å²) in [4.78, 5) is 16.8. The molecule has 0 saturated heterocycles. The summed E-state index contributed by atoms with van der Waals surface area (Å²) in [5, 5.41) is 20.6. The number of carbonyl (C=O) groups is 1. The van der Waals surface area contributed by atoms with Crippen LogP contribution in [0, 0.1) is 0 Å². The summed E-state index contributed by atoms with van der Waals surface area (Å²) in [6, 6.07) is 5.72. The van der Waals surface area contributed by atoms with Crippen LogP contribution in [-0.4, -0.2) is 35.6 Å². The molecule has 1 amide bonds. The SMILES string of the molecule is CC(O)c1cc(-c2cc3n(n2)CCC[C@@H]3NC(=O)c2cc(C(F)(F)F)nn2C)ccn1. The number of hydrogen-bond acceptors (Lipinski definition) is 5. The fourth-order valence-electron chi connectivity index (χ4n) is 3.66. The zero-order valence-electron chi connectivity index (χ0n) is 16.9. The van der Waals surface area contributed by atoms with E-state index in [1.807, 2.05) is 6.07 Å². The number of aromatic nitrogens is 5. The van der Waals surface area contributed by atoms with Crippen molar-refractivity contribution in [1.29, 1.82) is 0 Å². The van der Waals surface area contributed by atoms with Crippen molar-refractivity contribution in [1.82, 2.24) is 29.9 Å². The average molecular weight is 434 g/mol. The number of aliphatic hydroxyl groups excluding tert-OH is 1. The molecule has 4 heterocycles. The van der Waals surface area contributed by atoms with Gasteiger partial charge in [0.05, 0.1) is 29.2 Å². The molecule has 0 spiro atoms. The van der Waals surface area contributed by atoms with Crippen molar-refractivity contribution < 1.29 is 23.1 Å². The van der Waals surface area contributed by atoms with Crippen LogP contribution in [-0.2, 0) is 19.8 Å². The zero-order valence-corrected chi connectivity index (χ0v) is 16.9. The van der Waals surface area contributed by atoms with Gasteiger partial charge in [-0.25, -0.2) is 0 Å². The molecule has 0 radical (unpaired) electrons. The molecule has 0 fully saturated rings. The normalized spacial score (nSPS) is 17.3. The predicted molar refractivity (Wildman–Crippen MR) is 104 cm³/mol. The molecule has 0 aromatic carbocycles. The van der Waals surface area contributed by atoms with E-state index in [0.29, 0.717) is 24.4 Å². The number of aryl methyl sites for hydroxylation is 2. The Morgan fingerprint density at radius 1 is 1.29 bits per heavy atom. The molecular formula is C20H21F3N6O2. The first-order valence-corrected chi connectivity index (χ1v) is 9.77. The lowest BCUT2D eigenvalue weighted by atomic mass is 10.0. The van der Waals surface area contributed by atoms with Gasteiger partial charge in [0.15, 0.2) is 5.69 Å². The quantitative estimate of drug-likeness (QED) is 0.658. The van der Waals surface area contributed by atoms with Crippen LogP contribution in [0.2, 0.25) is 0 Å². The van der Waals surface area contributed by atoms with Crippen LogP contribution in [0.4, 0.5) is 13.2 Å². The van der Waals surface area contributed by atoms with Crippen LogP contribution in [0.1, 0.15) is 59.5 Å². The number of nitrogens with one attached hydrogen (secondary N) is 1. The zero-order chi connectivity index (χ0) is 22.3. The Morgan fingerprint density at radius 2 is 2.06 bits per heavy atom. The maximum Gasteiger partial charge on any atom is 0.435 e. The number of amides is 1. The standard InChI is InChI=1S/C20H21F3N6O2/c1-11(30)14-8-12(5-6-24-14)15-9-16-13(4-3-7-29(16)26-15)25-19(31)17-10-18(20(21,22)23)27-28(17)2/h5-6,8-11,13,30H,3-4,7H2,1-2H3,(H,25,31)/t11?,13-/m0/s1. The molecule has 3 aromatic rings. The molecule has 8 nitrogen and oxygen atoms in total. The molecule has 0 aliphatic carbocycles. The van der Waals surface area contributed by atoms with Crippen molar-refractivity contribution in [3.63, 3.8) is 0 Å². The number of halogens is 3. The minimum atomic E-state index is -4.62. The van der Waals surface area contributed by atoms with Crippen LogP contribution in [0.3, 0.4) is 0 Å². The lowest BCUT2D eigenvalue weighted by Gasteiger charge is -2.24. The van der Waals surface area contributed by atoms with E-state index in [1.54, 1.807) is 29.9 Å². The van der Waals surface area contributed by atoms with Crippen LogP contribution in [0.25, 0.3) is 11.3 Å². The summed E-state index contributed by atoms with van der Waals surface area (Å²) in [7, 11) is 1.30. The first-order chi connectivity index (χ1) is 14.6. The van der Waals surface area contributed by atoms with Crippen LogP contribution < -0.4 is 5.32 Å². The van der Waals surface area contributed by atoms with Crippen molar-refractivity contribution in [2.75, 3.05) is 0 Å². The number of aliphatic hydroxyl groups is 1. The third-order valence-corrected chi connectivity index (χ3v) is 5.24. The van der Waals surface area contributed by atoms with E-state index in [0.717, 1.165) is 28.4 Å². The number of fused-ring (bicyclic) bond motifs is 1. The number of rotatable bonds is 4. The Kier molecular flexibility index (Phi) is 5.29. The fourth-order valence-corrected chi connectivity index (χ4v) is 3.66. The van der Waals surface area contributed by atoms with Crippen LogP contribution in [0.15, 0.2) is 30.5 Å². The van der Waals surface area contributed by atoms with Gasteiger partial charge < -0.3 is 10.4 Å². The number of alkyl halides is 3. The van der Waals surface area contributed by atoms with Crippen molar-refractivity contribution >= 4 is 5.91 Å². The van der Waals surface area contributed by atoms with Gasteiger partial charge in [0.1, 0.15) is 5.69 Å². The van der Waals surface area contributed by atoms with Gasteiger partial charge in [-0.1, -0.05) is 0 Å². The molecule has 4 rings (SSSR count). The molecule has 1 aliphatic rings. The monoisotopic (exact) mass is 434 g/mol. The third-order valence-electron chi connectivity index (χ3n) is 5.24. The highest BCUT2D eigenvalue weighted by molar-refractivity contribution is 5.93. The van der Waals surface area contributed by atoms with Gasteiger partial charge in [-0.05, 0) is 38.0 Å². The van der Waals surface area contributed by atoms with E-state index in [9.17, 15) is 23.1 Å². The molecule has 164 valence electrons. The second-order valence-electron chi connectivity index (χ2n) is 7.53. The summed E-state index contributed by atoms with van der Waals surface area (Å²) < 4.78 is 41.4. The largest absolute Gasteiger partial charge is 0.435 e. The first kappa shape index (κ1) is 21.0. The highest BCUT2D eigenvalue weighted by atomic mass is 19.4. The van der Waals surface area contributed by atoms with Gasteiger partial charge in [-0.2, -0.15) is 23.4 Å². The number of hydrogen-bond donors (Lipinski definition) is 2. The van der Waals surface area contributed by atoms with Crippen LogP contribution in [0.5, 0.6) is 0 Å². The van der Waals surface area contributed by atoms with E-state index >= 15 is 0 Å². The van der Waals surface area contributed by atoms with E-state index < -0.39 is 29.9 Å². The number of pyridine rings is 1. The Labute approximate surface area is 175 Å². The first-order valence-electron chi connectivity index (χ1n) is 9.77. The third kappa shape index (κ3) is 4.18. The Hall–Kier alpha value is -3.21. The second kappa shape index (κ2) is 7.80. The minimum absolute atomic E-state index is 0.167. The fraction of sp³-hybridized carbons (Fsp3) is 0.400. The Balaban J connectivity index is 1.59. The molecule has 0 bridgehead atoms. The van der Waals surface area contributed by atoms with Crippen LogP contribution >= 0.6 is 0 Å². The molecular weight excluding hydrogens is 413 g/mol. The molecule has 1 aliphatic heterocycles. The molecule has 2 atom stereocenters. The Morgan fingerprint density at radius 3 is 2.74 bits per heavy atom. The highest BCUT2D eigenvalue weighted by Crippen LogP contribution is 2.31. The van der Waals surface area contributed by atoms with E-state index in [-0.39, 0.29) is 5.69 Å². The summed E-state index contributed by atoms with van der Waals surface area (Å²) in [5.41, 5.74) is 1.45. The lowest BCUT2D eigenvalue weighted by Crippen LogP contribution is -2.33. The molecule has 31 heavy (non-hydrogen) atoms. The van der Waals surface area contributed by atoms with E-state index in [4.69, 9.17) is 0 Å². The van der Waals surface area contributed by atoms with Gasteiger partial charge in [0, 0.05) is 31.4 Å². The average Bonchev–Trinajstić information content (AvgIpc) is 3.32. The molecule has 2 N–H and O–H groups in total. The predicted octanol–water partition coefficient (Wildman–Crippen LogP) is 3.02. The topological polar surface area (TPSA) is 97.9 Å². The van der Waals surface area contributed by atoms with Crippen molar-refractivity contribution in [2.24, 2.45) is 7.05 Å². The van der Waals surface area contributed by atoms with E-state index in [1.165, 1.54) is 7.05 Å². The Bertz CT molecular complexity index is 1120. The molecule has 1 unspecified atom stereocenters. The van der Waals surface area contributed by atoms with Crippen molar-refractivity contribution in [3.05, 3.63) is 53.2 Å². The van der Waals surface area contributed by atoms with Gasteiger partial charge in [-0.15, -0.1) is 0 Å². The summed E-state index contributed by atoms with van der Waals surface area (Å²) >= 11 is 0. The number of nitrogens with zero attached hydrogens (tertiary/aromatic N) is 5. The molecule has 11 heteroatoms. The minimum Gasteiger partial charge on any atom is -0.387 e. The highest BCUT2D eigenvalue weighted by Gasteiger charge is 2.36. The summed E-state index contributed by atoms with van der Waals surface area (Å²) in [6.45, 7) is 2.29. The lowest BCUT2D eigenvalue weighted by molar-refractivity contribution is -0.141. The van der Waals surface area contributed by atoms with Crippen molar-refractivity contribution in [3.8, 4) is 11.3 Å². The maximum absolute atomic E-state index is 12.9. The number of carbonyl (C=O) groups excluding carboxylic acids is 1. The maximum atomic E-state index is 12.9. The summed E-state index contributed by atoms with van der Waals surface area (Å²) in [6.07, 6.45) is -2.35. The molecule has 0 saturated carbocycles.